The van der Waals surface area contributed by atoms with E-state index in [-0.39, 0.29) is 5.69 Å². The molecule has 100 valence electrons. The molecule has 0 spiro atoms. The van der Waals surface area contributed by atoms with Crippen LogP contribution < -0.4 is 9.57 Å². The number of unbranched alkanes of at least 4 members (excludes halogenated alkanes) is 1. The third kappa shape index (κ3) is 4.35. The number of hydrogen-bond donors (Lipinski definition) is 1. The monoisotopic (exact) mass is 252 g/mol. The van der Waals surface area contributed by atoms with Crippen LogP contribution in [0.3, 0.4) is 0 Å². The maximum atomic E-state index is 11.0. The minimum absolute atomic E-state index is 0.155. The molecule has 0 saturated carbocycles. The Bertz CT molecular complexity index is 379. The zero-order chi connectivity index (χ0) is 13.4. The summed E-state index contributed by atoms with van der Waals surface area (Å²) in [5.41, 5.74) is 0.155. The van der Waals surface area contributed by atoms with Gasteiger partial charge in [-0.15, -0.1) is 0 Å². The van der Waals surface area contributed by atoms with Crippen molar-refractivity contribution in [1.82, 2.24) is 0 Å². The van der Waals surface area contributed by atoms with Crippen molar-refractivity contribution in [1.29, 1.82) is 0 Å². The van der Waals surface area contributed by atoms with E-state index in [0.717, 1.165) is 12.8 Å². The second-order valence-electron chi connectivity index (χ2n) is 4.43. The molecule has 1 unspecified atom stereocenters. The van der Waals surface area contributed by atoms with E-state index >= 15 is 0 Å². The third-order valence-corrected chi connectivity index (χ3v) is 3.04. The number of carboxylic acids is 1. The Labute approximate surface area is 108 Å². The molecule has 0 radical (unpaired) electrons. The van der Waals surface area contributed by atoms with Crippen molar-refractivity contribution in [3.63, 3.8) is 0 Å². The van der Waals surface area contributed by atoms with Crippen molar-refractivity contribution in [2.75, 3.05) is 6.61 Å². The fourth-order valence-electron chi connectivity index (χ4n) is 1.79. The highest BCUT2D eigenvalue weighted by Gasteiger charge is 2.20. The Morgan fingerprint density at radius 1 is 1.44 bits per heavy atom. The Kier molecular flexibility index (Phi) is 6.19. The second-order valence-corrected chi connectivity index (χ2v) is 4.43. The van der Waals surface area contributed by atoms with Crippen LogP contribution >= 0.6 is 0 Å². The number of carboxylic acid groups (broad SMARTS) is 1. The minimum atomic E-state index is -0.975. The molecule has 1 aromatic heterocycles. The van der Waals surface area contributed by atoms with Crippen LogP contribution in [0.5, 0.6) is 0 Å². The topological polar surface area (TPSA) is 50.4 Å². The molecule has 4 heteroatoms. The van der Waals surface area contributed by atoms with Crippen LogP contribution in [-0.4, -0.2) is 17.7 Å². The van der Waals surface area contributed by atoms with Gasteiger partial charge in [-0.2, -0.15) is 0 Å². The maximum Gasteiger partial charge on any atom is 0.406 e. The van der Waals surface area contributed by atoms with E-state index in [1.54, 1.807) is 18.3 Å². The number of nitrogens with zero attached hydrogens (tertiary/aromatic N) is 1. The van der Waals surface area contributed by atoms with E-state index in [4.69, 9.17) is 9.94 Å². The van der Waals surface area contributed by atoms with Crippen molar-refractivity contribution >= 4 is 5.97 Å². The Hall–Kier alpha value is -1.58. The molecule has 0 amide bonds. The summed E-state index contributed by atoms with van der Waals surface area (Å²) in [6.07, 6.45) is 6.18. The van der Waals surface area contributed by atoms with E-state index < -0.39 is 5.97 Å². The quantitative estimate of drug-likeness (QED) is 0.722. The summed E-state index contributed by atoms with van der Waals surface area (Å²) in [5.74, 6) is -0.489. The largest absolute Gasteiger partial charge is 0.473 e. The molecule has 1 rings (SSSR count). The summed E-state index contributed by atoms with van der Waals surface area (Å²) >= 11 is 0. The Morgan fingerprint density at radius 2 is 2.22 bits per heavy atom. The second kappa shape index (κ2) is 7.69. The van der Waals surface area contributed by atoms with Gasteiger partial charge in [0.1, 0.15) is 0 Å². The molecular weight excluding hydrogens is 230 g/mol. The van der Waals surface area contributed by atoms with Crippen LogP contribution in [0.4, 0.5) is 0 Å². The first kappa shape index (κ1) is 14.5. The highest BCUT2D eigenvalue weighted by atomic mass is 16.7. The van der Waals surface area contributed by atoms with Crippen LogP contribution in [0.15, 0.2) is 24.4 Å². The van der Waals surface area contributed by atoms with Gasteiger partial charge in [0.25, 0.3) is 0 Å². The van der Waals surface area contributed by atoms with Crippen LogP contribution in [0, 0.1) is 5.92 Å². The van der Waals surface area contributed by atoms with Gasteiger partial charge in [0, 0.05) is 16.9 Å². The summed E-state index contributed by atoms with van der Waals surface area (Å²) in [4.78, 5) is 16.6. The summed E-state index contributed by atoms with van der Waals surface area (Å²) in [7, 11) is 0. The van der Waals surface area contributed by atoms with E-state index in [0.29, 0.717) is 12.5 Å². The first-order chi connectivity index (χ1) is 8.69. The van der Waals surface area contributed by atoms with Gasteiger partial charge in [-0.05, 0) is 24.8 Å². The average Bonchev–Trinajstić information content (AvgIpc) is 2.39. The van der Waals surface area contributed by atoms with E-state index in [1.807, 2.05) is 0 Å². The lowest BCUT2D eigenvalue weighted by Gasteiger charge is -2.11. The van der Waals surface area contributed by atoms with Crippen molar-refractivity contribution in [3.05, 3.63) is 30.1 Å². The van der Waals surface area contributed by atoms with E-state index in [2.05, 4.69) is 13.8 Å². The SMILES string of the molecule is CCCCC(CC)CO[n+]1ccccc1C(=O)O. The first-order valence-corrected chi connectivity index (χ1v) is 6.56. The van der Waals surface area contributed by atoms with Crippen LogP contribution in [-0.2, 0) is 0 Å². The molecule has 1 N–H and O–H groups in total. The molecule has 0 aromatic carbocycles. The van der Waals surface area contributed by atoms with Gasteiger partial charge in [0.15, 0.2) is 6.61 Å². The maximum absolute atomic E-state index is 11.0. The van der Waals surface area contributed by atoms with Crippen LogP contribution in [0.25, 0.3) is 0 Å². The van der Waals surface area contributed by atoms with Crippen molar-refractivity contribution in [2.45, 2.75) is 39.5 Å². The van der Waals surface area contributed by atoms with Crippen LogP contribution in [0.2, 0.25) is 0 Å². The normalized spacial score (nSPS) is 12.1. The summed E-state index contributed by atoms with van der Waals surface area (Å²) in [5, 5.41) is 9.03. The molecular formula is C14H22NO3+. The molecule has 0 saturated heterocycles. The Morgan fingerprint density at radius 3 is 2.83 bits per heavy atom. The third-order valence-electron chi connectivity index (χ3n) is 3.04. The van der Waals surface area contributed by atoms with Crippen LogP contribution in [0.1, 0.15) is 50.0 Å². The van der Waals surface area contributed by atoms with Gasteiger partial charge in [0.05, 0.1) is 0 Å². The summed E-state index contributed by atoms with van der Waals surface area (Å²) < 4.78 is 1.34. The molecule has 1 aromatic rings. The van der Waals surface area contributed by atoms with Crippen molar-refractivity contribution < 1.29 is 19.5 Å². The Balaban J connectivity index is 2.59. The van der Waals surface area contributed by atoms with Gasteiger partial charge < -0.3 is 5.11 Å². The lowest BCUT2D eigenvalue weighted by molar-refractivity contribution is -0.893. The smallest absolute Gasteiger partial charge is 0.406 e. The number of hydrogen-bond acceptors (Lipinski definition) is 2. The minimum Gasteiger partial charge on any atom is -0.473 e. The fraction of sp³-hybridized carbons (Fsp3) is 0.571. The standard InChI is InChI=1S/C14H21NO3/c1-3-5-8-12(4-2)11-18-15-10-7-6-9-13(15)14(16)17/h6-7,9-10,12H,3-5,8,11H2,1-2H3/p+1. The number of aromatic carboxylic acids is 1. The van der Waals surface area contributed by atoms with Gasteiger partial charge in [0.2, 0.25) is 6.20 Å². The molecule has 18 heavy (non-hydrogen) atoms. The highest BCUT2D eigenvalue weighted by Crippen LogP contribution is 2.11. The fourth-order valence-corrected chi connectivity index (χ4v) is 1.79. The molecule has 1 atom stereocenters. The molecule has 0 fully saturated rings. The molecule has 0 bridgehead atoms. The van der Waals surface area contributed by atoms with Gasteiger partial charge >= 0.3 is 11.7 Å². The summed E-state index contributed by atoms with van der Waals surface area (Å²) in [6, 6.07) is 4.99. The zero-order valence-corrected chi connectivity index (χ0v) is 11.1. The van der Waals surface area contributed by atoms with E-state index in [9.17, 15) is 4.79 Å². The molecule has 1 heterocycles. The van der Waals surface area contributed by atoms with Gasteiger partial charge in [-0.25, -0.2) is 4.79 Å². The lowest BCUT2D eigenvalue weighted by Crippen LogP contribution is -2.49. The predicted octanol–water partition coefficient (Wildman–Crippen LogP) is 2.32. The number of carbonyl (C=O) groups is 1. The highest BCUT2D eigenvalue weighted by molar-refractivity contribution is 5.83. The van der Waals surface area contributed by atoms with Gasteiger partial charge in [-0.1, -0.05) is 26.7 Å². The zero-order valence-electron chi connectivity index (χ0n) is 11.1. The molecule has 0 aliphatic carbocycles. The first-order valence-electron chi connectivity index (χ1n) is 6.56. The number of pyridine rings is 1. The van der Waals surface area contributed by atoms with Crippen molar-refractivity contribution in [2.24, 2.45) is 5.92 Å². The molecule has 0 aliphatic rings. The average molecular weight is 252 g/mol. The summed E-state index contributed by atoms with van der Waals surface area (Å²) in [6.45, 7) is 4.87. The van der Waals surface area contributed by atoms with Crippen molar-refractivity contribution in [3.8, 4) is 0 Å². The molecule has 4 nitrogen and oxygen atoms in total. The van der Waals surface area contributed by atoms with Gasteiger partial charge in [-0.3, -0.25) is 4.84 Å². The predicted molar refractivity (Wildman–Crippen MR) is 68.3 cm³/mol. The lowest BCUT2D eigenvalue weighted by atomic mass is 10.0. The number of aromatic nitrogens is 1. The number of rotatable bonds is 8. The van der Waals surface area contributed by atoms with E-state index in [1.165, 1.54) is 23.6 Å². The molecule has 0 aliphatic heterocycles.